The number of hydrogen-bond acceptors (Lipinski definition) is 3. The lowest BCUT2D eigenvalue weighted by molar-refractivity contribution is 0.355. The van der Waals surface area contributed by atoms with Crippen molar-refractivity contribution in [3.8, 4) is 11.5 Å². The van der Waals surface area contributed by atoms with Crippen LogP contribution in [0.15, 0.2) is 41.4 Å². The minimum Gasteiger partial charge on any atom is -0.493 e. The molecule has 0 heterocycles. The Labute approximate surface area is 180 Å². The molecule has 2 unspecified atom stereocenters. The Morgan fingerprint density at radius 3 is 2.56 bits per heavy atom. The summed E-state index contributed by atoms with van der Waals surface area (Å²) in [5, 5.41) is 6.96. The highest BCUT2D eigenvalue weighted by atomic mass is 127. The number of hydrogen-bond donors (Lipinski definition) is 2. The number of nitrogens with one attached hydrogen (secondary N) is 2. The lowest BCUT2D eigenvalue weighted by atomic mass is 10.1. The van der Waals surface area contributed by atoms with E-state index < -0.39 is 0 Å². The van der Waals surface area contributed by atoms with E-state index in [-0.39, 0.29) is 41.8 Å². The molecule has 8 heteroatoms. The van der Waals surface area contributed by atoms with Gasteiger partial charge in [0.2, 0.25) is 0 Å². The molecule has 2 atom stereocenters. The minimum absolute atomic E-state index is 0. The molecular formula is C19H22ClFIN3O2. The zero-order valence-electron chi connectivity index (χ0n) is 15.3. The van der Waals surface area contributed by atoms with Crippen LogP contribution in [0, 0.1) is 5.82 Å². The first kappa shape index (κ1) is 21.6. The van der Waals surface area contributed by atoms with Gasteiger partial charge in [-0.3, -0.25) is 4.99 Å². The summed E-state index contributed by atoms with van der Waals surface area (Å²) in [6.45, 7) is 0. The standard InChI is InChI=1S/C19H21ClFN3O2.HI/c1-22-19(23-11-7-8-16(25-2)17(9-11)26-3)24-15-10-12(15)18-13(20)5-4-6-14(18)21;/h4-9,12,15H,10H2,1-3H3,(H2,22,23,24);1H. The summed E-state index contributed by atoms with van der Waals surface area (Å²) >= 11 is 6.15. The third-order valence-corrected chi connectivity index (χ3v) is 4.68. The highest BCUT2D eigenvalue weighted by Gasteiger charge is 2.41. The molecule has 0 amide bonds. The maximum absolute atomic E-state index is 14.1. The summed E-state index contributed by atoms with van der Waals surface area (Å²) in [6, 6.07) is 10.3. The maximum atomic E-state index is 14.1. The van der Waals surface area contributed by atoms with Crippen LogP contribution in [0.5, 0.6) is 11.5 Å². The van der Waals surface area contributed by atoms with Crippen LogP contribution in [-0.2, 0) is 0 Å². The van der Waals surface area contributed by atoms with Gasteiger partial charge in [0.25, 0.3) is 0 Å². The molecule has 0 saturated heterocycles. The Balaban J connectivity index is 0.00000261. The molecule has 0 aliphatic heterocycles. The van der Waals surface area contributed by atoms with E-state index in [2.05, 4.69) is 15.6 Å². The van der Waals surface area contributed by atoms with E-state index in [0.717, 1.165) is 12.1 Å². The summed E-state index contributed by atoms with van der Waals surface area (Å²) in [5.41, 5.74) is 1.37. The molecule has 2 aromatic carbocycles. The van der Waals surface area contributed by atoms with E-state index in [9.17, 15) is 4.39 Å². The van der Waals surface area contributed by atoms with Crippen molar-refractivity contribution in [3.05, 3.63) is 52.8 Å². The zero-order valence-corrected chi connectivity index (χ0v) is 18.3. The molecule has 0 aromatic heterocycles. The average Bonchev–Trinajstić information content (AvgIpc) is 3.39. The summed E-state index contributed by atoms with van der Waals surface area (Å²) in [5.74, 6) is 1.63. The fourth-order valence-electron chi connectivity index (χ4n) is 2.92. The minimum atomic E-state index is -0.269. The molecule has 2 N–H and O–H groups in total. The van der Waals surface area contributed by atoms with Crippen LogP contribution in [0.1, 0.15) is 17.9 Å². The van der Waals surface area contributed by atoms with Gasteiger partial charge in [-0.1, -0.05) is 17.7 Å². The Kier molecular flexibility index (Phi) is 7.55. The molecule has 27 heavy (non-hydrogen) atoms. The predicted molar refractivity (Wildman–Crippen MR) is 118 cm³/mol. The van der Waals surface area contributed by atoms with Gasteiger partial charge in [0, 0.05) is 41.3 Å². The topological polar surface area (TPSA) is 54.9 Å². The van der Waals surface area contributed by atoms with Crippen molar-refractivity contribution in [2.24, 2.45) is 4.99 Å². The average molecular weight is 506 g/mol. The normalized spacial score (nSPS) is 18.3. The maximum Gasteiger partial charge on any atom is 0.195 e. The smallest absolute Gasteiger partial charge is 0.195 e. The Bertz CT molecular complexity index is 814. The molecule has 1 aliphatic carbocycles. The van der Waals surface area contributed by atoms with Crippen molar-refractivity contribution in [2.75, 3.05) is 26.6 Å². The molecule has 2 aromatic rings. The highest BCUT2D eigenvalue weighted by Crippen LogP contribution is 2.45. The predicted octanol–water partition coefficient (Wildman–Crippen LogP) is 4.66. The third kappa shape index (κ3) is 4.95. The molecule has 0 spiro atoms. The fourth-order valence-corrected chi connectivity index (χ4v) is 3.22. The number of halogens is 3. The highest BCUT2D eigenvalue weighted by molar-refractivity contribution is 14.0. The van der Waals surface area contributed by atoms with E-state index in [1.165, 1.54) is 6.07 Å². The Hall–Kier alpha value is -1.74. The second-order valence-corrected chi connectivity index (χ2v) is 6.40. The monoisotopic (exact) mass is 505 g/mol. The van der Waals surface area contributed by atoms with Crippen molar-refractivity contribution in [1.29, 1.82) is 0 Å². The molecule has 5 nitrogen and oxygen atoms in total. The number of methoxy groups -OCH3 is 2. The molecule has 0 radical (unpaired) electrons. The van der Waals surface area contributed by atoms with Crippen LogP contribution in [-0.4, -0.2) is 33.3 Å². The second kappa shape index (κ2) is 9.45. The molecule has 3 rings (SSSR count). The summed E-state index contributed by atoms with van der Waals surface area (Å²) in [6.07, 6.45) is 0.799. The van der Waals surface area contributed by atoms with Gasteiger partial charge < -0.3 is 20.1 Å². The first-order valence-electron chi connectivity index (χ1n) is 8.23. The SMILES string of the molecule is CN=C(Nc1ccc(OC)c(OC)c1)NC1CC1c1c(F)cccc1Cl.I. The van der Waals surface area contributed by atoms with Crippen molar-refractivity contribution in [2.45, 2.75) is 18.4 Å². The van der Waals surface area contributed by atoms with Crippen molar-refractivity contribution in [1.82, 2.24) is 5.32 Å². The number of guanidine groups is 1. The van der Waals surface area contributed by atoms with Gasteiger partial charge in [0.15, 0.2) is 17.5 Å². The van der Waals surface area contributed by atoms with Gasteiger partial charge in [0.05, 0.1) is 14.2 Å². The fraction of sp³-hybridized carbons (Fsp3) is 0.316. The third-order valence-electron chi connectivity index (χ3n) is 4.35. The summed E-state index contributed by atoms with van der Waals surface area (Å²) in [4.78, 5) is 4.23. The van der Waals surface area contributed by atoms with Gasteiger partial charge in [-0.2, -0.15) is 0 Å². The molecule has 1 fully saturated rings. The van der Waals surface area contributed by atoms with Crippen LogP contribution in [0.4, 0.5) is 10.1 Å². The number of rotatable bonds is 5. The first-order chi connectivity index (χ1) is 12.6. The lowest BCUT2D eigenvalue weighted by Gasteiger charge is -2.14. The van der Waals surface area contributed by atoms with Crippen LogP contribution in [0.3, 0.4) is 0 Å². The Morgan fingerprint density at radius 2 is 1.93 bits per heavy atom. The quantitative estimate of drug-likeness (QED) is 0.353. The van der Waals surface area contributed by atoms with Gasteiger partial charge in [-0.15, -0.1) is 24.0 Å². The number of aliphatic imine (C=N–C) groups is 1. The second-order valence-electron chi connectivity index (χ2n) is 6.00. The number of benzene rings is 2. The molecule has 146 valence electrons. The summed E-state index contributed by atoms with van der Waals surface area (Å²) < 4.78 is 24.6. The van der Waals surface area contributed by atoms with E-state index in [0.29, 0.717) is 28.0 Å². The van der Waals surface area contributed by atoms with Crippen LogP contribution < -0.4 is 20.1 Å². The van der Waals surface area contributed by atoms with Crippen molar-refractivity contribution < 1.29 is 13.9 Å². The molecule has 1 saturated carbocycles. The lowest BCUT2D eigenvalue weighted by Crippen LogP contribution is -2.33. The summed E-state index contributed by atoms with van der Waals surface area (Å²) in [7, 11) is 4.86. The van der Waals surface area contributed by atoms with Gasteiger partial charge in [-0.05, 0) is 30.7 Å². The number of anilines is 1. The van der Waals surface area contributed by atoms with Crippen LogP contribution in [0.25, 0.3) is 0 Å². The molecule has 1 aliphatic rings. The van der Waals surface area contributed by atoms with Crippen molar-refractivity contribution in [3.63, 3.8) is 0 Å². The zero-order chi connectivity index (χ0) is 18.7. The van der Waals surface area contributed by atoms with E-state index in [1.807, 2.05) is 18.2 Å². The van der Waals surface area contributed by atoms with E-state index >= 15 is 0 Å². The molecule has 0 bridgehead atoms. The Morgan fingerprint density at radius 1 is 1.19 bits per heavy atom. The van der Waals surface area contributed by atoms with E-state index in [1.54, 1.807) is 33.4 Å². The number of ether oxygens (including phenoxy) is 2. The van der Waals surface area contributed by atoms with E-state index in [4.69, 9.17) is 21.1 Å². The van der Waals surface area contributed by atoms with Gasteiger partial charge in [-0.25, -0.2) is 4.39 Å². The van der Waals surface area contributed by atoms with Crippen molar-refractivity contribution >= 4 is 47.2 Å². The van der Waals surface area contributed by atoms with Gasteiger partial charge >= 0.3 is 0 Å². The van der Waals surface area contributed by atoms with Crippen LogP contribution in [0.2, 0.25) is 5.02 Å². The van der Waals surface area contributed by atoms with Gasteiger partial charge in [0.1, 0.15) is 5.82 Å². The largest absolute Gasteiger partial charge is 0.493 e. The molecular weight excluding hydrogens is 484 g/mol. The number of nitrogens with zero attached hydrogens (tertiary/aromatic N) is 1. The first-order valence-corrected chi connectivity index (χ1v) is 8.61. The van der Waals surface area contributed by atoms with Crippen LogP contribution >= 0.6 is 35.6 Å².